The van der Waals surface area contributed by atoms with Crippen LogP contribution in [0.1, 0.15) is 35.4 Å². The Morgan fingerprint density at radius 3 is 2.88 bits per heavy atom. The number of furan rings is 1. The standard InChI is InChI=1S/C18H22N2O4/c1-12-8-14-9-13(4-5-15(14)24-12)17(22)20-7-3-6-18(20,11-23-2)10-16(19)21/h4-5,8-9H,3,6-7,10-11H2,1-2H3,(H2,19,21). The predicted octanol–water partition coefficient (Wildman–Crippen LogP) is 2.24. The van der Waals surface area contributed by atoms with Gasteiger partial charge in [0.15, 0.2) is 0 Å². The first-order valence-corrected chi connectivity index (χ1v) is 8.05. The van der Waals surface area contributed by atoms with Crippen LogP contribution in [0.2, 0.25) is 0 Å². The van der Waals surface area contributed by atoms with E-state index in [1.165, 1.54) is 0 Å². The number of primary amides is 1. The molecule has 2 heterocycles. The Morgan fingerprint density at radius 2 is 2.17 bits per heavy atom. The molecule has 1 aliphatic heterocycles. The average molecular weight is 330 g/mol. The van der Waals surface area contributed by atoms with E-state index in [9.17, 15) is 9.59 Å². The third-order valence-corrected chi connectivity index (χ3v) is 4.64. The van der Waals surface area contributed by atoms with Crippen LogP contribution in [0.5, 0.6) is 0 Å². The molecule has 1 atom stereocenters. The van der Waals surface area contributed by atoms with Crippen molar-refractivity contribution < 1.29 is 18.7 Å². The van der Waals surface area contributed by atoms with E-state index in [0.717, 1.165) is 23.2 Å². The van der Waals surface area contributed by atoms with Gasteiger partial charge in [0.1, 0.15) is 11.3 Å². The zero-order valence-electron chi connectivity index (χ0n) is 14.0. The lowest BCUT2D eigenvalue weighted by Gasteiger charge is -2.37. The number of methoxy groups -OCH3 is 1. The summed E-state index contributed by atoms with van der Waals surface area (Å²) in [4.78, 5) is 26.3. The van der Waals surface area contributed by atoms with E-state index >= 15 is 0 Å². The van der Waals surface area contributed by atoms with Gasteiger partial charge in [-0.1, -0.05) is 0 Å². The van der Waals surface area contributed by atoms with Gasteiger partial charge in [0, 0.05) is 24.6 Å². The number of nitrogens with zero attached hydrogens (tertiary/aromatic N) is 1. The number of ether oxygens (including phenoxy) is 1. The number of amides is 2. The highest BCUT2D eigenvalue weighted by Crippen LogP contribution is 2.34. The third-order valence-electron chi connectivity index (χ3n) is 4.64. The zero-order valence-corrected chi connectivity index (χ0v) is 14.0. The Bertz CT molecular complexity index is 782. The van der Waals surface area contributed by atoms with Crippen LogP contribution in [0.3, 0.4) is 0 Å². The highest BCUT2D eigenvalue weighted by atomic mass is 16.5. The Kier molecular flexibility index (Phi) is 4.32. The Labute approximate surface area is 140 Å². The summed E-state index contributed by atoms with van der Waals surface area (Å²) < 4.78 is 10.9. The van der Waals surface area contributed by atoms with Crippen molar-refractivity contribution in [1.82, 2.24) is 4.90 Å². The molecule has 24 heavy (non-hydrogen) atoms. The maximum atomic E-state index is 13.1. The molecular formula is C18H22N2O4. The molecule has 0 spiro atoms. The van der Waals surface area contributed by atoms with Gasteiger partial charge in [0.2, 0.25) is 5.91 Å². The number of likely N-dealkylation sites (tertiary alicyclic amines) is 1. The quantitative estimate of drug-likeness (QED) is 0.911. The number of benzene rings is 1. The minimum absolute atomic E-state index is 0.105. The number of nitrogens with two attached hydrogens (primary N) is 1. The highest BCUT2D eigenvalue weighted by Gasteiger charge is 2.45. The van der Waals surface area contributed by atoms with E-state index < -0.39 is 11.4 Å². The topological polar surface area (TPSA) is 85.8 Å². The van der Waals surface area contributed by atoms with Crippen LogP contribution in [-0.4, -0.2) is 42.5 Å². The lowest BCUT2D eigenvalue weighted by atomic mass is 9.92. The molecule has 0 bridgehead atoms. The molecule has 0 saturated carbocycles. The summed E-state index contributed by atoms with van der Waals surface area (Å²) in [5.41, 5.74) is 6.10. The van der Waals surface area contributed by atoms with Gasteiger partial charge in [-0.15, -0.1) is 0 Å². The van der Waals surface area contributed by atoms with E-state index in [4.69, 9.17) is 14.9 Å². The highest BCUT2D eigenvalue weighted by molar-refractivity contribution is 5.98. The van der Waals surface area contributed by atoms with Crippen LogP contribution in [0.15, 0.2) is 28.7 Å². The van der Waals surface area contributed by atoms with E-state index in [-0.39, 0.29) is 12.3 Å². The fourth-order valence-corrected chi connectivity index (χ4v) is 3.70. The molecule has 0 radical (unpaired) electrons. The Morgan fingerprint density at radius 1 is 1.38 bits per heavy atom. The lowest BCUT2D eigenvalue weighted by molar-refractivity contribution is -0.121. The van der Waals surface area contributed by atoms with E-state index in [2.05, 4.69) is 0 Å². The van der Waals surface area contributed by atoms with Gasteiger partial charge in [0.25, 0.3) is 5.91 Å². The summed E-state index contributed by atoms with van der Waals surface area (Å²) in [6, 6.07) is 7.29. The molecule has 128 valence electrons. The van der Waals surface area contributed by atoms with Crippen LogP contribution < -0.4 is 5.73 Å². The summed E-state index contributed by atoms with van der Waals surface area (Å²) in [5, 5.41) is 0.893. The van der Waals surface area contributed by atoms with Crippen molar-refractivity contribution in [1.29, 1.82) is 0 Å². The Hall–Kier alpha value is -2.34. The number of hydrogen-bond donors (Lipinski definition) is 1. The fourth-order valence-electron chi connectivity index (χ4n) is 3.70. The van der Waals surface area contributed by atoms with Crippen LogP contribution in [0.25, 0.3) is 11.0 Å². The number of aryl methyl sites for hydroxylation is 1. The molecule has 1 aromatic carbocycles. The molecule has 1 aromatic heterocycles. The molecular weight excluding hydrogens is 308 g/mol. The van der Waals surface area contributed by atoms with Crippen LogP contribution in [0, 0.1) is 6.92 Å². The van der Waals surface area contributed by atoms with Gasteiger partial charge in [0.05, 0.1) is 18.6 Å². The maximum absolute atomic E-state index is 13.1. The smallest absolute Gasteiger partial charge is 0.254 e. The van der Waals surface area contributed by atoms with Gasteiger partial charge in [-0.2, -0.15) is 0 Å². The molecule has 1 saturated heterocycles. The van der Waals surface area contributed by atoms with Crippen molar-refractivity contribution >= 4 is 22.8 Å². The number of fused-ring (bicyclic) bond motifs is 1. The fraction of sp³-hybridized carbons (Fsp3) is 0.444. The summed E-state index contributed by atoms with van der Waals surface area (Å²) >= 11 is 0. The first-order valence-electron chi connectivity index (χ1n) is 8.05. The largest absolute Gasteiger partial charge is 0.461 e. The maximum Gasteiger partial charge on any atom is 0.254 e. The van der Waals surface area contributed by atoms with Crippen molar-refractivity contribution in [3.63, 3.8) is 0 Å². The second-order valence-corrected chi connectivity index (χ2v) is 6.47. The molecule has 1 aliphatic rings. The van der Waals surface area contributed by atoms with E-state index in [1.807, 2.05) is 19.1 Å². The third kappa shape index (κ3) is 2.89. The number of carbonyl (C=O) groups excluding carboxylic acids is 2. The van der Waals surface area contributed by atoms with E-state index in [0.29, 0.717) is 25.1 Å². The molecule has 2 N–H and O–H groups in total. The van der Waals surface area contributed by atoms with Crippen LogP contribution in [0.4, 0.5) is 0 Å². The first-order chi connectivity index (χ1) is 11.4. The Balaban J connectivity index is 1.94. The van der Waals surface area contributed by atoms with Gasteiger partial charge in [-0.3, -0.25) is 9.59 Å². The van der Waals surface area contributed by atoms with Crippen molar-refractivity contribution in [3.8, 4) is 0 Å². The van der Waals surface area contributed by atoms with Crippen LogP contribution in [-0.2, 0) is 9.53 Å². The molecule has 6 nitrogen and oxygen atoms in total. The molecule has 1 unspecified atom stereocenters. The van der Waals surface area contributed by atoms with Crippen molar-refractivity contribution in [3.05, 3.63) is 35.6 Å². The SMILES string of the molecule is COCC1(CC(N)=O)CCCN1C(=O)c1ccc2oc(C)cc2c1. The second kappa shape index (κ2) is 6.28. The van der Waals surface area contributed by atoms with Crippen LogP contribution >= 0.6 is 0 Å². The zero-order chi connectivity index (χ0) is 17.3. The molecule has 1 fully saturated rings. The second-order valence-electron chi connectivity index (χ2n) is 6.47. The van der Waals surface area contributed by atoms with Crippen molar-refractivity contribution in [2.24, 2.45) is 5.73 Å². The van der Waals surface area contributed by atoms with Crippen molar-refractivity contribution in [2.75, 3.05) is 20.3 Å². The van der Waals surface area contributed by atoms with Gasteiger partial charge in [-0.25, -0.2) is 0 Å². The number of hydrogen-bond acceptors (Lipinski definition) is 4. The number of rotatable bonds is 5. The minimum Gasteiger partial charge on any atom is -0.461 e. The molecule has 2 aromatic rings. The lowest BCUT2D eigenvalue weighted by Crippen LogP contribution is -2.52. The molecule has 3 rings (SSSR count). The number of carbonyl (C=O) groups is 2. The van der Waals surface area contributed by atoms with E-state index in [1.54, 1.807) is 24.1 Å². The van der Waals surface area contributed by atoms with Gasteiger partial charge < -0.3 is 19.8 Å². The van der Waals surface area contributed by atoms with Crippen molar-refractivity contribution in [2.45, 2.75) is 31.7 Å². The first kappa shape index (κ1) is 16.5. The summed E-state index contributed by atoms with van der Waals surface area (Å²) in [6.45, 7) is 2.77. The van der Waals surface area contributed by atoms with Gasteiger partial charge >= 0.3 is 0 Å². The molecule has 0 aliphatic carbocycles. The average Bonchev–Trinajstić information content (AvgIpc) is 3.08. The monoisotopic (exact) mass is 330 g/mol. The summed E-state index contributed by atoms with van der Waals surface area (Å²) in [6.07, 6.45) is 1.65. The van der Waals surface area contributed by atoms with Gasteiger partial charge in [-0.05, 0) is 44.0 Å². The minimum atomic E-state index is -0.654. The summed E-state index contributed by atoms with van der Waals surface area (Å²) in [7, 11) is 1.57. The normalized spacial score (nSPS) is 20.7. The predicted molar refractivity (Wildman–Crippen MR) is 89.6 cm³/mol. The summed E-state index contributed by atoms with van der Waals surface area (Å²) in [5.74, 6) is 0.275. The molecule has 6 heteroatoms. The molecule has 2 amide bonds.